The van der Waals surface area contributed by atoms with Crippen molar-refractivity contribution in [3.63, 3.8) is 0 Å². The lowest BCUT2D eigenvalue weighted by Gasteiger charge is -2.39. The third-order valence-corrected chi connectivity index (χ3v) is 10.8. The van der Waals surface area contributed by atoms with Crippen molar-refractivity contribution in [2.45, 2.75) is 101 Å². The van der Waals surface area contributed by atoms with Crippen LogP contribution < -0.4 is 21.3 Å². The van der Waals surface area contributed by atoms with E-state index in [0.29, 0.717) is 17.5 Å². The number of aromatic nitrogens is 1. The van der Waals surface area contributed by atoms with Gasteiger partial charge in [0.15, 0.2) is 11.7 Å². The maximum atomic E-state index is 14.6. The van der Waals surface area contributed by atoms with Crippen LogP contribution in [0, 0.1) is 0 Å². The molecule has 8 atom stereocenters. The van der Waals surface area contributed by atoms with Gasteiger partial charge in [0.2, 0.25) is 29.5 Å². The number of methoxy groups -OCH3 is 1. The molecule has 2 fully saturated rings. The smallest absolute Gasteiger partial charge is 0.333 e. The zero-order valence-electron chi connectivity index (χ0n) is 34.2. The van der Waals surface area contributed by atoms with Crippen LogP contribution in [0.2, 0.25) is 0 Å². The quantitative estimate of drug-likeness (QED) is 0.0960. The highest BCUT2D eigenvalue weighted by atomic mass is 16.5. The van der Waals surface area contributed by atoms with Gasteiger partial charge in [-0.15, -0.1) is 0 Å². The van der Waals surface area contributed by atoms with E-state index < -0.39 is 95.6 Å². The highest BCUT2D eigenvalue weighted by Crippen LogP contribution is 2.24. The fourth-order valence-electron chi connectivity index (χ4n) is 7.55. The molecule has 0 spiro atoms. The molecule has 6 amide bonds. The molecule has 0 bridgehead atoms. The number of esters is 1. The van der Waals surface area contributed by atoms with Crippen molar-refractivity contribution in [1.82, 2.24) is 36.1 Å². The first-order valence-electron chi connectivity index (χ1n) is 20.2. The number of carbonyl (C=O) groups excluding carboxylic acids is 7. The molecule has 5 rings (SSSR count). The number of hydrogen-bond donors (Lipinski definition) is 7. The second-order valence-corrected chi connectivity index (χ2v) is 15.1. The average molecular weight is 844 g/mol. The average Bonchev–Trinajstić information content (AvgIpc) is 3.76. The number of likely N-dealkylation sites (tertiary alicyclic amines) is 2. The molecule has 2 aromatic carbocycles. The maximum Gasteiger partial charge on any atom is 0.333 e. The minimum atomic E-state index is -1.54. The number of ether oxygens (including phenoxy) is 1. The van der Waals surface area contributed by atoms with Crippen molar-refractivity contribution >= 4 is 41.4 Å². The highest BCUT2D eigenvalue weighted by Gasteiger charge is 2.43. The van der Waals surface area contributed by atoms with Crippen molar-refractivity contribution in [3.8, 4) is 5.75 Å². The van der Waals surface area contributed by atoms with Crippen LogP contribution in [0.15, 0.2) is 79.0 Å². The minimum Gasteiger partial charge on any atom is -0.505 e. The van der Waals surface area contributed by atoms with Crippen LogP contribution in [0.3, 0.4) is 0 Å². The monoisotopic (exact) mass is 843 g/mol. The summed E-state index contributed by atoms with van der Waals surface area (Å²) in [5.74, 6) is -5.55. The molecule has 18 heteroatoms. The Labute approximate surface area is 353 Å². The van der Waals surface area contributed by atoms with Gasteiger partial charge in [0.25, 0.3) is 5.91 Å². The maximum absolute atomic E-state index is 14.6. The second-order valence-electron chi connectivity index (χ2n) is 15.1. The van der Waals surface area contributed by atoms with Crippen molar-refractivity contribution in [2.24, 2.45) is 0 Å². The Balaban J connectivity index is 1.33. The van der Waals surface area contributed by atoms with Crippen LogP contribution >= 0.6 is 0 Å². The molecule has 0 aliphatic carbocycles. The molecule has 2 saturated heterocycles. The molecule has 3 aromatic rings. The fourth-order valence-corrected chi connectivity index (χ4v) is 7.55. The molecule has 0 radical (unpaired) electrons. The Morgan fingerprint density at radius 3 is 2.08 bits per heavy atom. The SMILES string of the molecule is CC[C@@H](NC(=O)[C@@H](NC(=O)c1ncccc1O)[C@@H](C)O)C(=O)N1CCC[C@H]1C(=O)N[C@@H](Cc1ccccc1)C(=O)N1CC[C@@H](O)C[C@H]1C(=O)N[C@H](C(=O)OC)c1ccccc1. The molecule has 2 aliphatic heterocycles. The van der Waals surface area contributed by atoms with E-state index in [2.05, 4.69) is 26.3 Å². The van der Waals surface area contributed by atoms with Crippen LogP contribution in [-0.4, -0.2) is 134 Å². The number of amides is 6. The summed E-state index contributed by atoms with van der Waals surface area (Å²) >= 11 is 0. The van der Waals surface area contributed by atoms with Gasteiger partial charge in [0, 0.05) is 32.1 Å². The molecular weight excluding hydrogens is 791 g/mol. The standard InChI is InChI=1S/C43H53N7O11/c1-4-29(45-39(56)34(25(2)51)47-40(57)36-33(53)18-11-20-44-36)41(58)49-21-12-17-31(49)37(54)46-30(23-26-13-7-5-8-14-26)42(59)50-22-19-28(52)24-32(50)38(55)48-35(43(60)61-3)27-15-9-6-10-16-27/h5-11,13-16,18,20,25,28-32,34-35,51-53H,4,12,17,19,21-24H2,1-3H3,(H,45,56)(H,46,54)(H,47,57)(H,48,55)/t25-,28-,29-,30+,31+,32+,34+,35+/m1/s1. The van der Waals surface area contributed by atoms with E-state index in [1.54, 1.807) is 67.6 Å². The Kier molecular flexibility index (Phi) is 15.9. The highest BCUT2D eigenvalue weighted by molar-refractivity contribution is 6.00. The van der Waals surface area contributed by atoms with Gasteiger partial charge in [-0.05, 0) is 55.9 Å². The zero-order chi connectivity index (χ0) is 44.2. The van der Waals surface area contributed by atoms with E-state index >= 15 is 0 Å². The van der Waals surface area contributed by atoms with Gasteiger partial charge >= 0.3 is 5.97 Å². The van der Waals surface area contributed by atoms with Crippen LogP contribution in [0.1, 0.15) is 73.6 Å². The van der Waals surface area contributed by atoms with E-state index in [9.17, 15) is 48.9 Å². The topological polar surface area (TPSA) is 257 Å². The van der Waals surface area contributed by atoms with Crippen LogP contribution in [0.25, 0.3) is 0 Å². The second kappa shape index (κ2) is 21.2. The van der Waals surface area contributed by atoms with Gasteiger partial charge in [-0.1, -0.05) is 67.6 Å². The van der Waals surface area contributed by atoms with Gasteiger partial charge in [-0.25, -0.2) is 9.78 Å². The third kappa shape index (κ3) is 11.5. The number of benzene rings is 2. The number of aliphatic hydroxyl groups excluding tert-OH is 2. The molecule has 7 N–H and O–H groups in total. The largest absolute Gasteiger partial charge is 0.505 e. The summed E-state index contributed by atoms with van der Waals surface area (Å²) in [7, 11) is 1.19. The van der Waals surface area contributed by atoms with Gasteiger partial charge in [-0.3, -0.25) is 28.8 Å². The molecular formula is C43H53N7O11. The number of nitrogens with zero attached hydrogens (tertiary/aromatic N) is 3. The van der Waals surface area contributed by atoms with Crippen molar-refractivity contribution in [2.75, 3.05) is 20.2 Å². The molecule has 1 aromatic heterocycles. The van der Waals surface area contributed by atoms with Crippen LogP contribution in [0.4, 0.5) is 0 Å². The van der Waals surface area contributed by atoms with Gasteiger partial charge < -0.3 is 51.1 Å². The predicted molar refractivity (Wildman–Crippen MR) is 218 cm³/mol. The number of aliphatic hydroxyl groups is 2. The molecule has 0 unspecified atom stereocenters. The Bertz CT molecular complexity index is 2040. The van der Waals surface area contributed by atoms with E-state index in [4.69, 9.17) is 4.74 Å². The number of aromatic hydroxyl groups is 1. The van der Waals surface area contributed by atoms with E-state index in [-0.39, 0.29) is 50.9 Å². The number of pyridine rings is 1. The van der Waals surface area contributed by atoms with E-state index in [1.807, 2.05) is 0 Å². The first-order chi connectivity index (χ1) is 29.2. The number of piperidine rings is 1. The van der Waals surface area contributed by atoms with Gasteiger partial charge in [0.1, 0.15) is 36.0 Å². The lowest BCUT2D eigenvalue weighted by Crippen LogP contribution is -2.62. The van der Waals surface area contributed by atoms with Crippen LogP contribution in [0.5, 0.6) is 5.75 Å². The summed E-state index contributed by atoms with van der Waals surface area (Å²) in [5.41, 5.74) is 0.772. The number of nitrogens with one attached hydrogen (secondary N) is 4. The first kappa shape index (κ1) is 45.7. The predicted octanol–water partition coefficient (Wildman–Crippen LogP) is 0.262. The summed E-state index contributed by atoms with van der Waals surface area (Å²) in [4.78, 5) is 102. The summed E-state index contributed by atoms with van der Waals surface area (Å²) in [6, 6.07) is 12.6. The summed E-state index contributed by atoms with van der Waals surface area (Å²) in [5, 5.41) is 41.6. The van der Waals surface area contributed by atoms with Crippen molar-refractivity contribution in [1.29, 1.82) is 0 Å². The summed E-state index contributed by atoms with van der Waals surface area (Å²) in [6.45, 7) is 3.03. The van der Waals surface area contributed by atoms with Crippen LogP contribution in [-0.2, 0) is 39.9 Å². The molecule has 2 aliphatic rings. The Morgan fingerprint density at radius 1 is 0.803 bits per heavy atom. The minimum absolute atomic E-state index is 0.0185. The normalized spacial score (nSPS) is 19.9. The Morgan fingerprint density at radius 2 is 1.44 bits per heavy atom. The molecule has 3 heterocycles. The molecule has 61 heavy (non-hydrogen) atoms. The summed E-state index contributed by atoms with van der Waals surface area (Å²) in [6.07, 6.45) is -0.287. The Hall–Kier alpha value is -6.40. The summed E-state index contributed by atoms with van der Waals surface area (Å²) < 4.78 is 4.95. The lowest BCUT2D eigenvalue weighted by molar-refractivity contribution is -0.150. The van der Waals surface area contributed by atoms with Crippen molar-refractivity contribution in [3.05, 3.63) is 95.8 Å². The number of carbonyl (C=O) groups is 7. The number of rotatable bonds is 16. The first-order valence-corrected chi connectivity index (χ1v) is 20.2. The third-order valence-electron chi connectivity index (χ3n) is 10.8. The van der Waals surface area contributed by atoms with Gasteiger partial charge in [-0.2, -0.15) is 0 Å². The molecule has 0 saturated carbocycles. The molecule has 326 valence electrons. The number of hydrogen-bond acceptors (Lipinski definition) is 12. The zero-order valence-corrected chi connectivity index (χ0v) is 34.2. The molecule has 18 nitrogen and oxygen atoms in total. The van der Waals surface area contributed by atoms with E-state index in [1.165, 1.54) is 42.2 Å². The fraction of sp³-hybridized carbons (Fsp3) is 0.442. The van der Waals surface area contributed by atoms with Gasteiger partial charge in [0.05, 0.1) is 19.3 Å². The van der Waals surface area contributed by atoms with Crippen molar-refractivity contribution < 1.29 is 53.6 Å². The lowest BCUT2D eigenvalue weighted by atomic mass is 9.95. The van der Waals surface area contributed by atoms with E-state index in [0.717, 1.165) is 0 Å².